The van der Waals surface area contributed by atoms with Crippen molar-refractivity contribution in [1.82, 2.24) is 15.3 Å². The van der Waals surface area contributed by atoms with E-state index >= 15 is 0 Å². The fourth-order valence-electron chi connectivity index (χ4n) is 2.30. The molecule has 0 saturated carbocycles. The Morgan fingerprint density at radius 2 is 2.18 bits per heavy atom. The lowest BCUT2D eigenvalue weighted by atomic mass is 10.1. The van der Waals surface area contributed by atoms with E-state index in [0.29, 0.717) is 0 Å². The van der Waals surface area contributed by atoms with Gasteiger partial charge in [0.2, 0.25) is 0 Å². The maximum absolute atomic E-state index is 5.88. The third-order valence-electron chi connectivity index (χ3n) is 3.27. The molecule has 1 aromatic heterocycles. The van der Waals surface area contributed by atoms with Gasteiger partial charge < -0.3 is 15.3 Å². The summed E-state index contributed by atoms with van der Waals surface area (Å²) in [6.45, 7) is 5.71. The number of aromatic amines is 1. The smallest absolute Gasteiger partial charge is 0.0888 e. The predicted octanol–water partition coefficient (Wildman–Crippen LogP) is 1.50. The van der Waals surface area contributed by atoms with Crippen LogP contribution in [0.15, 0.2) is 42.6 Å². The van der Waals surface area contributed by atoms with E-state index in [1.807, 2.05) is 12.1 Å². The Kier molecular flexibility index (Phi) is 2.39. The van der Waals surface area contributed by atoms with Gasteiger partial charge in [0.1, 0.15) is 0 Å². The number of rotatable bonds is 1. The van der Waals surface area contributed by atoms with Crippen LogP contribution in [0.25, 0.3) is 10.9 Å². The number of fused-ring (bicyclic) bond motifs is 1. The van der Waals surface area contributed by atoms with E-state index in [1.165, 1.54) is 5.39 Å². The first-order valence-electron chi connectivity index (χ1n) is 5.78. The van der Waals surface area contributed by atoms with E-state index in [1.54, 1.807) is 5.01 Å². The number of H-pyrrole nitrogens is 1. The zero-order valence-corrected chi connectivity index (χ0v) is 9.61. The number of hydrogen-bond acceptors (Lipinski definition) is 3. The second-order valence-corrected chi connectivity index (χ2v) is 4.38. The zero-order chi connectivity index (χ0) is 11.8. The Labute approximate surface area is 100 Å². The van der Waals surface area contributed by atoms with Crippen LogP contribution in [-0.2, 0) is 0 Å². The first-order chi connectivity index (χ1) is 8.25. The van der Waals surface area contributed by atoms with Gasteiger partial charge in [-0.25, -0.2) is 5.84 Å². The fraction of sp³-hybridized carbons (Fsp3) is 0.231. The third kappa shape index (κ3) is 1.71. The van der Waals surface area contributed by atoms with E-state index in [-0.39, 0.29) is 6.04 Å². The van der Waals surface area contributed by atoms with Crippen LogP contribution in [0.5, 0.6) is 0 Å². The van der Waals surface area contributed by atoms with Crippen LogP contribution >= 0.6 is 0 Å². The van der Waals surface area contributed by atoms with Crippen LogP contribution in [-0.4, -0.2) is 23.1 Å². The normalized spacial score (nSPS) is 21.1. The molecule has 17 heavy (non-hydrogen) atoms. The van der Waals surface area contributed by atoms with Gasteiger partial charge >= 0.3 is 0 Å². The molecule has 1 atom stereocenters. The molecule has 4 N–H and O–H groups in total. The number of nitrogens with zero attached hydrogens (tertiary/aromatic N) is 1. The Bertz CT molecular complexity index is 524. The first kappa shape index (κ1) is 10.4. The molecule has 1 fully saturated rings. The third-order valence-corrected chi connectivity index (χ3v) is 3.27. The minimum absolute atomic E-state index is 0.0844. The minimum Gasteiger partial charge on any atom is -0.357 e. The van der Waals surface area contributed by atoms with Crippen LogP contribution < -0.4 is 11.2 Å². The van der Waals surface area contributed by atoms with Crippen molar-refractivity contribution in [2.45, 2.75) is 6.04 Å². The van der Waals surface area contributed by atoms with Crippen LogP contribution in [0.2, 0.25) is 0 Å². The number of piperazine rings is 1. The Balaban J connectivity index is 2.00. The van der Waals surface area contributed by atoms with E-state index in [9.17, 15) is 0 Å². The molecule has 1 aliphatic rings. The van der Waals surface area contributed by atoms with Gasteiger partial charge in [0, 0.05) is 30.0 Å². The maximum atomic E-state index is 5.88. The fourth-order valence-corrected chi connectivity index (χ4v) is 2.30. The molecule has 4 nitrogen and oxygen atoms in total. The second kappa shape index (κ2) is 3.91. The quantitative estimate of drug-likeness (QED) is 0.648. The van der Waals surface area contributed by atoms with Crippen LogP contribution in [0.3, 0.4) is 0 Å². The topological polar surface area (TPSA) is 57.1 Å². The summed E-state index contributed by atoms with van der Waals surface area (Å²) in [5, 5.41) is 6.35. The maximum Gasteiger partial charge on any atom is 0.0888 e. The summed E-state index contributed by atoms with van der Waals surface area (Å²) < 4.78 is 0. The molecular weight excluding hydrogens is 212 g/mol. The summed E-state index contributed by atoms with van der Waals surface area (Å²) in [7, 11) is 0. The van der Waals surface area contributed by atoms with E-state index in [0.717, 1.165) is 30.0 Å². The number of para-hydroxylation sites is 1. The highest BCUT2D eigenvalue weighted by Gasteiger charge is 2.23. The number of hydrazine groups is 1. The second-order valence-electron chi connectivity index (χ2n) is 4.38. The zero-order valence-electron chi connectivity index (χ0n) is 9.61. The number of hydrogen-bond donors (Lipinski definition) is 3. The van der Waals surface area contributed by atoms with Crippen LogP contribution in [0, 0.1) is 0 Å². The van der Waals surface area contributed by atoms with Crippen molar-refractivity contribution >= 4 is 10.9 Å². The molecule has 1 unspecified atom stereocenters. The Morgan fingerprint density at radius 3 is 3.00 bits per heavy atom. The molecule has 4 heteroatoms. The van der Waals surface area contributed by atoms with Gasteiger partial charge in [-0.05, 0) is 17.5 Å². The van der Waals surface area contributed by atoms with Crippen molar-refractivity contribution in [2.24, 2.45) is 5.84 Å². The molecule has 0 amide bonds. The Morgan fingerprint density at radius 1 is 1.35 bits per heavy atom. The molecule has 0 bridgehead atoms. The molecule has 0 spiro atoms. The van der Waals surface area contributed by atoms with Gasteiger partial charge in [-0.2, -0.15) is 0 Å². The van der Waals surface area contributed by atoms with Gasteiger partial charge in [-0.1, -0.05) is 24.8 Å². The van der Waals surface area contributed by atoms with Crippen LogP contribution in [0.4, 0.5) is 0 Å². The molecule has 1 saturated heterocycles. The predicted molar refractivity (Wildman–Crippen MR) is 69.1 cm³/mol. The molecule has 88 valence electrons. The lowest BCUT2D eigenvalue weighted by molar-refractivity contribution is 0.272. The molecule has 2 heterocycles. The van der Waals surface area contributed by atoms with E-state index in [2.05, 4.69) is 35.1 Å². The molecule has 1 aromatic carbocycles. The molecule has 0 radical (unpaired) electrons. The number of nitrogens with one attached hydrogen (secondary N) is 2. The Hall–Kier alpha value is -1.78. The lowest BCUT2D eigenvalue weighted by Crippen LogP contribution is -2.46. The first-order valence-corrected chi connectivity index (χ1v) is 5.78. The number of aromatic nitrogens is 1. The monoisotopic (exact) mass is 228 g/mol. The molecule has 1 aliphatic heterocycles. The SMILES string of the molecule is C=C1C(c2cc3ccccc3[nH]2)NCCN1N. The van der Waals surface area contributed by atoms with Gasteiger partial charge in [0.15, 0.2) is 0 Å². The summed E-state index contributed by atoms with van der Waals surface area (Å²) in [6.07, 6.45) is 0. The summed E-state index contributed by atoms with van der Waals surface area (Å²) >= 11 is 0. The molecular formula is C13H16N4. The van der Waals surface area contributed by atoms with Gasteiger partial charge in [0.05, 0.1) is 6.04 Å². The number of nitrogens with two attached hydrogens (primary N) is 1. The highest BCUT2D eigenvalue weighted by atomic mass is 15.4. The minimum atomic E-state index is 0.0844. The standard InChI is InChI=1S/C13H16N4/c1-9-13(15-6-7-17(9)14)12-8-10-4-2-3-5-11(10)16-12/h2-5,8,13,15-16H,1,6-7,14H2. The van der Waals surface area contributed by atoms with Crippen molar-refractivity contribution < 1.29 is 0 Å². The summed E-state index contributed by atoms with van der Waals surface area (Å²) in [5.74, 6) is 5.88. The van der Waals surface area contributed by atoms with Crippen molar-refractivity contribution in [3.05, 3.63) is 48.3 Å². The summed E-state index contributed by atoms with van der Waals surface area (Å²) in [6, 6.07) is 10.5. The van der Waals surface area contributed by atoms with Gasteiger partial charge in [-0.3, -0.25) is 0 Å². The van der Waals surface area contributed by atoms with Crippen molar-refractivity contribution in [3.8, 4) is 0 Å². The molecule has 3 rings (SSSR count). The number of benzene rings is 1. The van der Waals surface area contributed by atoms with Crippen molar-refractivity contribution in [2.75, 3.05) is 13.1 Å². The van der Waals surface area contributed by atoms with E-state index < -0.39 is 0 Å². The highest BCUT2D eigenvalue weighted by molar-refractivity contribution is 5.80. The van der Waals surface area contributed by atoms with Gasteiger partial charge in [0.25, 0.3) is 0 Å². The van der Waals surface area contributed by atoms with Crippen molar-refractivity contribution in [3.63, 3.8) is 0 Å². The lowest BCUT2D eigenvalue weighted by Gasteiger charge is -2.33. The summed E-state index contributed by atoms with van der Waals surface area (Å²) in [4.78, 5) is 3.41. The average molecular weight is 228 g/mol. The molecule has 0 aliphatic carbocycles. The average Bonchev–Trinajstić information content (AvgIpc) is 2.76. The largest absolute Gasteiger partial charge is 0.357 e. The van der Waals surface area contributed by atoms with Crippen LogP contribution in [0.1, 0.15) is 11.7 Å². The van der Waals surface area contributed by atoms with Crippen molar-refractivity contribution in [1.29, 1.82) is 0 Å². The van der Waals surface area contributed by atoms with E-state index in [4.69, 9.17) is 5.84 Å². The summed E-state index contributed by atoms with van der Waals surface area (Å²) in [5.41, 5.74) is 3.17. The van der Waals surface area contributed by atoms with Gasteiger partial charge in [-0.15, -0.1) is 0 Å². The molecule has 2 aromatic rings. The highest BCUT2D eigenvalue weighted by Crippen LogP contribution is 2.26.